The maximum Gasteiger partial charge on any atom is 0.254 e. The van der Waals surface area contributed by atoms with Crippen LogP contribution in [0.1, 0.15) is 36.0 Å². The molecule has 5 rings (SSSR count). The van der Waals surface area contributed by atoms with Crippen molar-refractivity contribution in [3.8, 4) is 16.3 Å². The third kappa shape index (κ3) is 3.82. The Balaban J connectivity index is 1.32. The number of ether oxygens (including phenoxy) is 1. The molecule has 3 aromatic rings. The number of nitrogens with zero attached hydrogens (tertiary/aromatic N) is 3. The zero-order chi connectivity index (χ0) is 20.5. The van der Waals surface area contributed by atoms with E-state index in [1.807, 2.05) is 42.5 Å². The first kappa shape index (κ1) is 19.5. The second-order valence-electron chi connectivity index (χ2n) is 8.23. The molecule has 30 heavy (non-hydrogen) atoms. The first-order chi connectivity index (χ1) is 14.7. The highest BCUT2D eigenvalue weighted by atomic mass is 32.1. The third-order valence-corrected chi connectivity index (χ3v) is 7.35. The number of benzene rings is 2. The summed E-state index contributed by atoms with van der Waals surface area (Å²) in [6, 6.07) is 14.2. The number of fused-ring (bicyclic) bond motifs is 1. The van der Waals surface area contributed by atoms with Crippen LogP contribution in [0.25, 0.3) is 20.8 Å². The molecule has 1 aromatic heterocycles. The number of methoxy groups -OCH3 is 1. The van der Waals surface area contributed by atoms with E-state index >= 15 is 0 Å². The average molecular weight is 422 g/mol. The number of hydrogen-bond acceptors (Lipinski definition) is 5. The molecular weight excluding hydrogens is 394 g/mol. The van der Waals surface area contributed by atoms with E-state index in [0.29, 0.717) is 6.04 Å². The first-order valence-electron chi connectivity index (χ1n) is 10.8. The lowest BCUT2D eigenvalue weighted by molar-refractivity contribution is 0.0709. The van der Waals surface area contributed by atoms with Crippen LogP contribution >= 0.6 is 11.3 Å². The molecule has 0 saturated carbocycles. The van der Waals surface area contributed by atoms with Crippen molar-refractivity contribution in [1.29, 1.82) is 0 Å². The molecule has 0 N–H and O–H groups in total. The Morgan fingerprint density at radius 1 is 1.10 bits per heavy atom. The van der Waals surface area contributed by atoms with Crippen molar-refractivity contribution in [2.45, 2.75) is 31.7 Å². The number of rotatable bonds is 5. The summed E-state index contributed by atoms with van der Waals surface area (Å²) < 4.78 is 6.42. The van der Waals surface area contributed by atoms with E-state index in [-0.39, 0.29) is 5.91 Å². The van der Waals surface area contributed by atoms with Gasteiger partial charge in [0.25, 0.3) is 5.91 Å². The van der Waals surface area contributed by atoms with E-state index in [9.17, 15) is 4.79 Å². The highest BCUT2D eigenvalue weighted by molar-refractivity contribution is 7.21. The lowest BCUT2D eigenvalue weighted by Gasteiger charge is -2.28. The second-order valence-corrected chi connectivity index (χ2v) is 9.26. The fraction of sp³-hybridized carbons (Fsp3) is 0.417. The van der Waals surface area contributed by atoms with Crippen molar-refractivity contribution in [2.75, 3.05) is 33.3 Å². The summed E-state index contributed by atoms with van der Waals surface area (Å²) in [6.45, 7) is 4.26. The Labute approximate surface area is 181 Å². The molecular formula is C24H27N3O2S. The number of amides is 1. The molecule has 3 heterocycles. The predicted octanol–water partition coefficient (Wildman–Crippen LogP) is 4.67. The Bertz CT molecular complexity index is 1040. The Morgan fingerprint density at radius 3 is 2.67 bits per heavy atom. The predicted molar refractivity (Wildman–Crippen MR) is 121 cm³/mol. The van der Waals surface area contributed by atoms with Crippen LogP contribution in [0.15, 0.2) is 42.5 Å². The molecule has 0 radical (unpaired) electrons. The molecule has 5 nitrogen and oxygen atoms in total. The highest BCUT2D eigenvalue weighted by Gasteiger charge is 2.31. The number of thiazole rings is 1. The number of hydrogen-bond donors (Lipinski definition) is 0. The molecule has 1 amide bonds. The van der Waals surface area contributed by atoms with E-state index in [1.165, 1.54) is 25.9 Å². The van der Waals surface area contributed by atoms with Gasteiger partial charge in [0.1, 0.15) is 10.8 Å². The number of carbonyl (C=O) groups excluding carboxylic acids is 1. The van der Waals surface area contributed by atoms with Gasteiger partial charge in [0, 0.05) is 30.3 Å². The van der Waals surface area contributed by atoms with Gasteiger partial charge in [-0.05, 0) is 69.1 Å². The van der Waals surface area contributed by atoms with Gasteiger partial charge in [-0.25, -0.2) is 4.98 Å². The van der Waals surface area contributed by atoms with Crippen LogP contribution in [0.2, 0.25) is 0 Å². The van der Waals surface area contributed by atoms with Crippen LogP contribution in [-0.4, -0.2) is 60.0 Å². The van der Waals surface area contributed by atoms with Crippen LogP contribution in [-0.2, 0) is 0 Å². The Hall–Kier alpha value is -2.44. The van der Waals surface area contributed by atoms with Gasteiger partial charge in [0.15, 0.2) is 0 Å². The van der Waals surface area contributed by atoms with Crippen molar-refractivity contribution in [2.24, 2.45) is 0 Å². The topological polar surface area (TPSA) is 45.7 Å². The van der Waals surface area contributed by atoms with Gasteiger partial charge in [-0.3, -0.25) is 4.79 Å². The summed E-state index contributed by atoms with van der Waals surface area (Å²) in [7, 11) is 1.68. The minimum atomic E-state index is 0.164. The van der Waals surface area contributed by atoms with Crippen LogP contribution in [0.5, 0.6) is 5.75 Å². The van der Waals surface area contributed by atoms with Crippen LogP contribution in [0, 0.1) is 0 Å². The molecule has 2 fully saturated rings. The standard InChI is InChI=1S/C24H27N3O2S/c1-29-20-10-11-21-22(15-20)30-23(25-21)17-6-8-18(9-7-17)24(28)27-14-4-5-19(27)16-26-12-2-3-13-26/h6-11,15,19H,2-5,12-14,16H2,1H3/t19-/m0/s1. The molecule has 1 atom stereocenters. The maximum atomic E-state index is 13.2. The summed E-state index contributed by atoms with van der Waals surface area (Å²) in [5.74, 6) is 1.00. The van der Waals surface area contributed by atoms with Gasteiger partial charge in [0.05, 0.1) is 17.3 Å². The molecule has 2 aliphatic rings. The molecule has 2 aromatic carbocycles. The van der Waals surface area contributed by atoms with Crippen LogP contribution in [0.3, 0.4) is 0 Å². The largest absolute Gasteiger partial charge is 0.497 e. The quantitative estimate of drug-likeness (QED) is 0.600. The van der Waals surface area contributed by atoms with E-state index < -0.39 is 0 Å². The highest BCUT2D eigenvalue weighted by Crippen LogP contribution is 2.32. The number of carbonyl (C=O) groups is 1. The van der Waals surface area contributed by atoms with Crippen molar-refractivity contribution in [1.82, 2.24) is 14.8 Å². The molecule has 156 valence electrons. The van der Waals surface area contributed by atoms with Crippen molar-refractivity contribution >= 4 is 27.5 Å². The van der Waals surface area contributed by atoms with E-state index in [2.05, 4.69) is 9.80 Å². The summed E-state index contributed by atoms with van der Waals surface area (Å²) >= 11 is 1.65. The average Bonchev–Trinajstić information content (AvgIpc) is 3.54. The van der Waals surface area contributed by atoms with Gasteiger partial charge in [-0.15, -0.1) is 11.3 Å². The van der Waals surface area contributed by atoms with Gasteiger partial charge >= 0.3 is 0 Å². The van der Waals surface area contributed by atoms with E-state index in [1.54, 1.807) is 18.4 Å². The number of aromatic nitrogens is 1. The van der Waals surface area contributed by atoms with Gasteiger partial charge in [0.2, 0.25) is 0 Å². The van der Waals surface area contributed by atoms with Gasteiger partial charge < -0.3 is 14.5 Å². The minimum absolute atomic E-state index is 0.164. The minimum Gasteiger partial charge on any atom is -0.497 e. The lowest BCUT2D eigenvalue weighted by Crippen LogP contribution is -2.42. The van der Waals surface area contributed by atoms with Crippen LogP contribution < -0.4 is 4.74 Å². The van der Waals surface area contributed by atoms with E-state index in [0.717, 1.165) is 58.0 Å². The lowest BCUT2D eigenvalue weighted by atomic mass is 10.1. The fourth-order valence-corrected chi connectivity index (χ4v) is 5.63. The second kappa shape index (κ2) is 8.36. The van der Waals surface area contributed by atoms with Crippen molar-refractivity contribution < 1.29 is 9.53 Å². The van der Waals surface area contributed by atoms with Crippen molar-refractivity contribution in [3.05, 3.63) is 48.0 Å². The summed E-state index contributed by atoms with van der Waals surface area (Å²) in [5, 5.41) is 0.963. The normalized spacial score (nSPS) is 19.6. The molecule has 0 unspecified atom stereocenters. The molecule has 0 spiro atoms. The van der Waals surface area contributed by atoms with Crippen LogP contribution in [0.4, 0.5) is 0 Å². The molecule has 2 saturated heterocycles. The zero-order valence-electron chi connectivity index (χ0n) is 17.3. The molecule has 0 aliphatic carbocycles. The van der Waals surface area contributed by atoms with Crippen molar-refractivity contribution in [3.63, 3.8) is 0 Å². The smallest absolute Gasteiger partial charge is 0.254 e. The zero-order valence-corrected chi connectivity index (χ0v) is 18.2. The van der Waals surface area contributed by atoms with Gasteiger partial charge in [-0.1, -0.05) is 12.1 Å². The molecule has 0 bridgehead atoms. The van der Waals surface area contributed by atoms with Gasteiger partial charge in [-0.2, -0.15) is 0 Å². The SMILES string of the molecule is COc1ccc2nc(-c3ccc(C(=O)N4CCC[C@H]4CN4CCCC4)cc3)sc2c1. The van der Waals surface area contributed by atoms with E-state index in [4.69, 9.17) is 9.72 Å². The summed E-state index contributed by atoms with van der Waals surface area (Å²) in [4.78, 5) is 22.5. The third-order valence-electron chi connectivity index (χ3n) is 6.28. The molecule has 2 aliphatic heterocycles. The summed E-state index contributed by atoms with van der Waals surface area (Å²) in [5.41, 5.74) is 2.79. The maximum absolute atomic E-state index is 13.2. The fourth-order valence-electron chi connectivity index (χ4n) is 4.63. The Kier molecular flexibility index (Phi) is 5.44. The Morgan fingerprint density at radius 2 is 1.90 bits per heavy atom. The first-order valence-corrected chi connectivity index (χ1v) is 11.6. The summed E-state index contributed by atoms with van der Waals surface area (Å²) in [6.07, 6.45) is 4.81. The monoisotopic (exact) mass is 421 g/mol. The number of likely N-dealkylation sites (tertiary alicyclic amines) is 2. The molecule has 6 heteroatoms.